The third kappa shape index (κ3) is 1.51. The molecule has 0 saturated carbocycles. The molecule has 1 aliphatic rings. The fourth-order valence-electron chi connectivity index (χ4n) is 1.89. The predicted octanol–water partition coefficient (Wildman–Crippen LogP) is 1.00. The summed E-state index contributed by atoms with van der Waals surface area (Å²) in [4.78, 5) is 6.47. The van der Waals surface area contributed by atoms with E-state index in [0.29, 0.717) is 0 Å². The fourth-order valence-corrected chi connectivity index (χ4v) is 1.89. The lowest BCUT2D eigenvalue weighted by molar-refractivity contribution is 0.180. The summed E-state index contributed by atoms with van der Waals surface area (Å²) in [5, 5.41) is 8.96. The lowest BCUT2D eigenvalue weighted by atomic mass is 10.2. The minimum Gasteiger partial charge on any atom is -0.333 e. The van der Waals surface area contributed by atoms with Gasteiger partial charge in [-0.05, 0) is 6.42 Å². The molecule has 0 aliphatic carbocycles. The first kappa shape index (κ1) is 9.22. The van der Waals surface area contributed by atoms with Gasteiger partial charge in [-0.2, -0.15) is 5.26 Å². The van der Waals surface area contributed by atoms with Gasteiger partial charge in [0, 0.05) is 25.5 Å². The van der Waals surface area contributed by atoms with Crippen LogP contribution in [0.3, 0.4) is 0 Å². The molecule has 74 valence electrons. The zero-order chi connectivity index (χ0) is 9.97. The summed E-state index contributed by atoms with van der Waals surface area (Å²) in [6.07, 6.45) is 4.71. The van der Waals surface area contributed by atoms with Crippen LogP contribution in [0, 0.1) is 11.3 Å². The molecule has 0 N–H and O–H groups in total. The number of nitrogens with zero attached hydrogens (tertiary/aromatic N) is 4. The second-order valence-electron chi connectivity index (χ2n) is 3.56. The first-order chi connectivity index (χ1) is 6.85. The molecule has 0 radical (unpaired) electrons. The monoisotopic (exact) mass is 190 g/mol. The molecule has 0 unspecified atom stereocenters. The van der Waals surface area contributed by atoms with Crippen molar-refractivity contribution in [3.8, 4) is 6.07 Å². The summed E-state index contributed by atoms with van der Waals surface area (Å²) in [5.41, 5.74) is 0. The largest absolute Gasteiger partial charge is 0.333 e. The van der Waals surface area contributed by atoms with Crippen molar-refractivity contribution < 1.29 is 0 Å². The Morgan fingerprint density at radius 3 is 3.21 bits per heavy atom. The first-order valence-corrected chi connectivity index (χ1v) is 4.99. The van der Waals surface area contributed by atoms with Crippen molar-refractivity contribution >= 4 is 0 Å². The molecule has 0 aromatic carbocycles. The maximum Gasteiger partial charge on any atom is 0.122 e. The minimum absolute atomic E-state index is 0.0421. The molecule has 2 heterocycles. The summed E-state index contributed by atoms with van der Waals surface area (Å²) in [6, 6.07) is 2.38. The Morgan fingerprint density at radius 2 is 2.50 bits per heavy atom. The van der Waals surface area contributed by atoms with Crippen LogP contribution in [0.25, 0.3) is 0 Å². The molecule has 1 atom stereocenters. The summed E-state index contributed by atoms with van der Waals surface area (Å²) < 4.78 is 2.15. The van der Waals surface area contributed by atoms with E-state index < -0.39 is 0 Å². The number of imidazole rings is 1. The Hall–Kier alpha value is -1.34. The van der Waals surface area contributed by atoms with Gasteiger partial charge in [-0.1, -0.05) is 6.92 Å². The number of hydrogen-bond donors (Lipinski definition) is 0. The fraction of sp³-hybridized carbons (Fsp3) is 0.600. The van der Waals surface area contributed by atoms with Crippen LogP contribution in [-0.4, -0.2) is 27.0 Å². The van der Waals surface area contributed by atoms with Crippen LogP contribution >= 0.6 is 0 Å². The lowest BCUT2D eigenvalue weighted by Gasteiger charge is -2.30. The second-order valence-corrected chi connectivity index (χ2v) is 3.56. The summed E-state index contributed by atoms with van der Waals surface area (Å²) in [5.74, 6) is 1.07. The van der Waals surface area contributed by atoms with Gasteiger partial charge in [0.2, 0.25) is 0 Å². The zero-order valence-electron chi connectivity index (χ0n) is 8.35. The maximum absolute atomic E-state index is 8.96. The van der Waals surface area contributed by atoms with Crippen molar-refractivity contribution in [3.63, 3.8) is 0 Å². The van der Waals surface area contributed by atoms with E-state index in [1.807, 2.05) is 12.4 Å². The molecular weight excluding hydrogens is 176 g/mol. The Balaban J connectivity index is 2.11. The van der Waals surface area contributed by atoms with E-state index in [1.54, 1.807) is 0 Å². The normalized spacial score (nSPS) is 18.6. The van der Waals surface area contributed by atoms with E-state index in [-0.39, 0.29) is 6.04 Å². The highest BCUT2D eigenvalue weighted by molar-refractivity contribution is 5.00. The van der Waals surface area contributed by atoms with Crippen LogP contribution in [0.2, 0.25) is 0 Å². The molecule has 14 heavy (non-hydrogen) atoms. The number of hydrogen-bond acceptors (Lipinski definition) is 3. The molecule has 1 aromatic rings. The van der Waals surface area contributed by atoms with E-state index in [4.69, 9.17) is 5.26 Å². The molecule has 1 aromatic heterocycles. The van der Waals surface area contributed by atoms with Gasteiger partial charge < -0.3 is 4.57 Å². The highest BCUT2D eigenvalue weighted by Crippen LogP contribution is 2.14. The Bertz CT molecular complexity index is 349. The quantitative estimate of drug-likeness (QED) is 0.699. The van der Waals surface area contributed by atoms with Crippen molar-refractivity contribution in [2.45, 2.75) is 32.5 Å². The molecular formula is C10H14N4. The molecule has 4 nitrogen and oxygen atoms in total. The number of aromatic nitrogens is 2. The van der Waals surface area contributed by atoms with Gasteiger partial charge in [0.05, 0.1) is 18.7 Å². The molecule has 0 saturated heterocycles. The molecule has 0 spiro atoms. The predicted molar refractivity (Wildman–Crippen MR) is 52.3 cm³/mol. The van der Waals surface area contributed by atoms with Crippen LogP contribution in [0.1, 0.15) is 19.2 Å². The van der Waals surface area contributed by atoms with E-state index in [0.717, 1.165) is 31.9 Å². The average molecular weight is 190 g/mol. The highest BCUT2D eigenvalue weighted by atomic mass is 15.2. The molecule has 0 bridgehead atoms. The smallest absolute Gasteiger partial charge is 0.122 e. The van der Waals surface area contributed by atoms with Crippen LogP contribution in [0.4, 0.5) is 0 Å². The van der Waals surface area contributed by atoms with Gasteiger partial charge >= 0.3 is 0 Å². The standard InChI is InChI=1S/C10H14N4/c1-2-9(7-11)14-6-5-13-4-3-12-10(13)8-14/h3-4,9H,2,5-6,8H2,1H3/t9-/m1/s1. The van der Waals surface area contributed by atoms with Crippen LogP contribution in [-0.2, 0) is 13.1 Å². The molecule has 1 aliphatic heterocycles. The van der Waals surface area contributed by atoms with Crippen molar-refractivity contribution in [1.82, 2.24) is 14.5 Å². The third-order valence-corrected chi connectivity index (χ3v) is 2.75. The number of fused-ring (bicyclic) bond motifs is 1. The van der Waals surface area contributed by atoms with Crippen LogP contribution < -0.4 is 0 Å². The van der Waals surface area contributed by atoms with E-state index in [9.17, 15) is 0 Å². The zero-order valence-corrected chi connectivity index (χ0v) is 8.35. The highest BCUT2D eigenvalue weighted by Gasteiger charge is 2.22. The van der Waals surface area contributed by atoms with E-state index in [1.165, 1.54) is 0 Å². The first-order valence-electron chi connectivity index (χ1n) is 4.99. The third-order valence-electron chi connectivity index (χ3n) is 2.75. The van der Waals surface area contributed by atoms with Gasteiger partial charge in [-0.15, -0.1) is 0 Å². The maximum atomic E-state index is 8.96. The van der Waals surface area contributed by atoms with Crippen molar-refractivity contribution in [2.75, 3.05) is 6.54 Å². The molecule has 2 rings (SSSR count). The molecule has 0 fully saturated rings. The molecule has 4 heteroatoms. The minimum atomic E-state index is 0.0421. The molecule has 0 amide bonds. The van der Waals surface area contributed by atoms with Gasteiger partial charge in [0.1, 0.15) is 5.82 Å². The topological polar surface area (TPSA) is 44.9 Å². The number of nitriles is 1. The van der Waals surface area contributed by atoms with Gasteiger partial charge in [-0.25, -0.2) is 4.98 Å². The van der Waals surface area contributed by atoms with Gasteiger partial charge in [-0.3, -0.25) is 4.90 Å². The SMILES string of the molecule is CC[C@H](C#N)N1CCn2ccnc2C1. The van der Waals surface area contributed by atoms with E-state index in [2.05, 4.69) is 27.4 Å². The summed E-state index contributed by atoms with van der Waals surface area (Å²) in [6.45, 7) is 4.76. The number of rotatable bonds is 2. The van der Waals surface area contributed by atoms with Crippen LogP contribution in [0.5, 0.6) is 0 Å². The van der Waals surface area contributed by atoms with E-state index >= 15 is 0 Å². The van der Waals surface area contributed by atoms with Gasteiger partial charge in [0.25, 0.3) is 0 Å². The van der Waals surface area contributed by atoms with Gasteiger partial charge in [0.15, 0.2) is 0 Å². The van der Waals surface area contributed by atoms with Crippen molar-refractivity contribution in [1.29, 1.82) is 5.26 Å². The van der Waals surface area contributed by atoms with Crippen LogP contribution in [0.15, 0.2) is 12.4 Å². The van der Waals surface area contributed by atoms with Crippen molar-refractivity contribution in [3.05, 3.63) is 18.2 Å². The lowest BCUT2D eigenvalue weighted by Crippen LogP contribution is -2.40. The summed E-state index contributed by atoms with van der Waals surface area (Å²) >= 11 is 0. The second kappa shape index (κ2) is 3.81. The Morgan fingerprint density at radius 1 is 1.64 bits per heavy atom. The Labute approximate surface area is 83.8 Å². The average Bonchev–Trinajstić information content (AvgIpc) is 2.66. The van der Waals surface area contributed by atoms with Crippen molar-refractivity contribution in [2.24, 2.45) is 0 Å². The summed E-state index contributed by atoms with van der Waals surface area (Å²) in [7, 11) is 0. The Kier molecular flexibility index (Phi) is 2.51.